The fraction of sp³-hybridized carbons (Fsp3) is 0.583. The van der Waals surface area contributed by atoms with Crippen LogP contribution in [0.4, 0.5) is 4.79 Å². The number of piperazine rings is 1. The quantitative estimate of drug-likeness (QED) is 0.371. The number of fused-ring (bicyclic) bond motifs is 2. The monoisotopic (exact) mass is 656 g/mol. The van der Waals surface area contributed by atoms with Crippen molar-refractivity contribution < 1.29 is 14.4 Å². The first kappa shape index (κ1) is 32.5. The minimum absolute atomic E-state index is 0.00877. The van der Waals surface area contributed by atoms with Crippen molar-refractivity contribution in [2.75, 3.05) is 59.4 Å². The molecule has 0 radical (unpaired) electrons. The Morgan fingerprint density at radius 1 is 0.938 bits per heavy atom. The van der Waals surface area contributed by atoms with Gasteiger partial charge in [0.05, 0.1) is 17.4 Å². The van der Waals surface area contributed by atoms with Crippen molar-refractivity contribution in [3.05, 3.63) is 62.7 Å². The molecule has 0 spiro atoms. The van der Waals surface area contributed by atoms with Crippen molar-refractivity contribution in [2.45, 2.75) is 76.3 Å². The number of aromatic amines is 2. The third-order valence-corrected chi connectivity index (χ3v) is 11.2. The zero-order valence-corrected chi connectivity index (χ0v) is 28.2. The molecule has 1 atom stereocenters. The highest BCUT2D eigenvalue weighted by Crippen LogP contribution is 2.29. The fourth-order valence-corrected chi connectivity index (χ4v) is 8.29. The Balaban J connectivity index is 1.02. The number of Topliss-reactive ketones (excluding diaryl/α,β-unsaturated/α-hetero) is 1. The molecule has 3 saturated heterocycles. The molecule has 0 bridgehead atoms. The maximum Gasteiger partial charge on any atom is 0.318 e. The molecule has 256 valence electrons. The van der Waals surface area contributed by atoms with Crippen LogP contribution in [0.5, 0.6) is 0 Å². The molecule has 12 nitrogen and oxygen atoms in total. The van der Waals surface area contributed by atoms with Gasteiger partial charge in [0.1, 0.15) is 6.04 Å². The Kier molecular flexibility index (Phi) is 9.37. The van der Waals surface area contributed by atoms with E-state index in [1.807, 2.05) is 24.0 Å². The van der Waals surface area contributed by atoms with E-state index in [0.29, 0.717) is 69.2 Å². The highest BCUT2D eigenvalue weighted by atomic mass is 16.2. The standard InChI is InChI=1S/C36H48N8O4/c1-23-18-24(19-27-22-37-40-32(23)27)20-30(35(47)43-16-14-42(15-17-43)28-8-10-41(2)11-9-28)38-36(48)44-12-6-25(7-13-44)29-21-26-4-3-5-31(45)33(26)39-34(29)46/h18-19,21-22,25,28,30H,3-17,20H2,1-2H3,(H,37,40)(H,38,48)(H,39,46)/t30-/m1/s1. The van der Waals surface area contributed by atoms with Crippen LogP contribution in [0.2, 0.25) is 0 Å². The molecule has 3 aliphatic heterocycles. The van der Waals surface area contributed by atoms with Crippen molar-refractivity contribution >= 4 is 28.6 Å². The summed E-state index contributed by atoms with van der Waals surface area (Å²) in [6.45, 7) is 8.24. The molecule has 1 aromatic carbocycles. The highest BCUT2D eigenvalue weighted by molar-refractivity contribution is 5.96. The van der Waals surface area contributed by atoms with Crippen LogP contribution in [0.1, 0.15) is 77.2 Å². The first-order valence-electron chi connectivity index (χ1n) is 17.7. The summed E-state index contributed by atoms with van der Waals surface area (Å²) in [4.78, 5) is 64.6. The molecule has 7 rings (SSSR count). The van der Waals surface area contributed by atoms with Gasteiger partial charge in [0, 0.05) is 69.1 Å². The van der Waals surface area contributed by atoms with Crippen LogP contribution in [-0.2, 0) is 17.6 Å². The largest absolute Gasteiger partial charge is 0.338 e. The van der Waals surface area contributed by atoms with E-state index in [1.165, 1.54) is 0 Å². The molecule has 1 aliphatic carbocycles. The molecule has 3 aromatic rings. The normalized spacial score (nSPS) is 21.0. The van der Waals surface area contributed by atoms with Crippen LogP contribution < -0.4 is 10.9 Å². The number of hydrogen-bond acceptors (Lipinski definition) is 7. The summed E-state index contributed by atoms with van der Waals surface area (Å²) in [6.07, 6.45) is 7.88. The number of nitrogens with one attached hydrogen (secondary N) is 3. The lowest BCUT2D eigenvalue weighted by atomic mass is 9.86. The minimum Gasteiger partial charge on any atom is -0.338 e. The number of aryl methyl sites for hydroxylation is 2. The number of ketones is 1. The summed E-state index contributed by atoms with van der Waals surface area (Å²) in [7, 11) is 2.18. The topological polar surface area (TPSA) is 138 Å². The molecule has 2 aromatic heterocycles. The van der Waals surface area contributed by atoms with Gasteiger partial charge in [-0.15, -0.1) is 0 Å². The van der Waals surface area contributed by atoms with E-state index in [-0.39, 0.29) is 29.2 Å². The molecular formula is C36H48N8O4. The van der Waals surface area contributed by atoms with Gasteiger partial charge in [0.2, 0.25) is 5.91 Å². The summed E-state index contributed by atoms with van der Waals surface area (Å²) in [5.41, 5.74) is 4.91. The van der Waals surface area contributed by atoms with Crippen LogP contribution in [0.25, 0.3) is 10.9 Å². The van der Waals surface area contributed by atoms with E-state index >= 15 is 0 Å². The van der Waals surface area contributed by atoms with Gasteiger partial charge in [-0.1, -0.05) is 6.07 Å². The van der Waals surface area contributed by atoms with Crippen molar-refractivity contribution in [1.29, 1.82) is 0 Å². The van der Waals surface area contributed by atoms with Crippen molar-refractivity contribution in [1.82, 2.24) is 40.1 Å². The number of aromatic nitrogens is 3. The van der Waals surface area contributed by atoms with Gasteiger partial charge in [0.15, 0.2) is 5.78 Å². The second-order valence-corrected chi connectivity index (χ2v) is 14.3. The summed E-state index contributed by atoms with van der Waals surface area (Å²) < 4.78 is 0. The Labute approximate surface area is 281 Å². The van der Waals surface area contributed by atoms with Gasteiger partial charge >= 0.3 is 6.03 Å². The number of amides is 3. The molecule has 0 saturated carbocycles. The maximum atomic E-state index is 14.1. The predicted octanol–water partition coefficient (Wildman–Crippen LogP) is 2.82. The van der Waals surface area contributed by atoms with Crippen LogP contribution in [0.3, 0.4) is 0 Å². The first-order chi connectivity index (χ1) is 23.2. The van der Waals surface area contributed by atoms with E-state index < -0.39 is 6.04 Å². The molecule has 3 fully saturated rings. The first-order valence-corrected chi connectivity index (χ1v) is 17.7. The zero-order valence-electron chi connectivity index (χ0n) is 28.2. The number of pyridine rings is 1. The lowest BCUT2D eigenvalue weighted by molar-refractivity contribution is -0.135. The maximum absolute atomic E-state index is 14.1. The molecule has 12 heteroatoms. The van der Waals surface area contributed by atoms with E-state index in [1.54, 1.807) is 11.1 Å². The van der Waals surface area contributed by atoms with Gasteiger partial charge in [-0.05, 0) is 100 Å². The summed E-state index contributed by atoms with van der Waals surface area (Å²) in [6, 6.07) is 5.66. The molecule has 3 amide bonds. The fourth-order valence-electron chi connectivity index (χ4n) is 8.29. The van der Waals surface area contributed by atoms with Crippen LogP contribution in [0, 0.1) is 6.92 Å². The van der Waals surface area contributed by atoms with Gasteiger partial charge in [-0.2, -0.15) is 5.10 Å². The molecule has 4 aliphatic rings. The SMILES string of the molecule is Cc1cc(C[C@@H](NC(=O)N2CCC(c3cc4c([nH]c3=O)C(=O)CCC4)CC2)C(=O)N2CCN(C3CCN(C)CC3)CC2)cc2cn[nH]c12. The van der Waals surface area contributed by atoms with E-state index in [0.717, 1.165) is 79.5 Å². The van der Waals surface area contributed by atoms with Crippen molar-refractivity contribution in [2.24, 2.45) is 0 Å². The van der Waals surface area contributed by atoms with E-state index in [9.17, 15) is 19.2 Å². The highest BCUT2D eigenvalue weighted by Gasteiger charge is 2.34. The minimum atomic E-state index is -0.699. The van der Waals surface area contributed by atoms with Crippen molar-refractivity contribution in [3.8, 4) is 0 Å². The Morgan fingerprint density at radius 3 is 2.44 bits per heavy atom. The number of H-pyrrole nitrogens is 2. The summed E-state index contributed by atoms with van der Waals surface area (Å²) in [5, 5.41) is 11.3. The smallest absolute Gasteiger partial charge is 0.318 e. The second-order valence-electron chi connectivity index (χ2n) is 14.3. The number of rotatable bonds is 6. The number of nitrogens with zero attached hydrogens (tertiary/aromatic N) is 5. The number of likely N-dealkylation sites (tertiary alicyclic amines) is 2. The second kappa shape index (κ2) is 13.8. The van der Waals surface area contributed by atoms with Crippen molar-refractivity contribution in [3.63, 3.8) is 0 Å². The Bertz CT molecular complexity index is 1730. The van der Waals surface area contributed by atoms with Gasteiger partial charge in [0.25, 0.3) is 5.56 Å². The average Bonchev–Trinajstić information content (AvgIpc) is 3.58. The number of hydrogen-bond donors (Lipinski definition) is 3. The Hall–Kier alpha value is -4.03. The number of carbonyl (C=O) groups is 3. The van der Waals surface area contributed by atoms with E-state index in [4.69, 9.17) is 0 Å². The number of urea groups is 1. The number of piperidine rings is 2. The average molecular weight is 657 g/mol. The molecule has 3 N–H and O–H groups in total. The summed E-state index contributed by atoms with van der Waals surface area (Å²) >= 11 is 0. The zero-order chi connectivity index (χ0) is 33.4. The third-order valence-electron chi connectivity index (χ3n) is 11.2. The molecule has 0 unspecified atom stereocenters. The summed E-state index contributed by atoms with van der Waals surface area (Å²) in [5.74, 6) is -0.0149. The van der Waals surface area contributed by atoms with Gasteiger partial charge in [-0.3, -0.25) is 24.4 Å². The predicted molar refractivity (Wildman–Crippen MR) is 183 cm³/mol. The Morgan fingerprint density at radius 2 is 1.69 bits per heavy atom. The number of benzene rings is 1. The number of carbonyl (C=O) groups excluding carboxylic acids is 3. The van der Waals surface area contributed by atoms with Crippen LogP contribution >= 0.6 is 0 Å². The molecular weight excluding hydrogens is 608 g/mol. The lowest BCUT2D eigenvalue weighted by Crippen LogP contribution is -2.59. The van der Waals surface area contributed by atoms with Crippen LogP contribution in [0.15, 0.2) is 29.2 Å². The van der Waals surface area contributed by atoms with Crippen LogP contribution in [-0.4, -0.2) is 124 Å². The molecule has 5 heterocycles. The van der Waals surface area contributed by atoms with Gasteiger partial charge in [-0.25, -0.2) is 4.79 Å². The van der Waals surface area contributed by atoms with E-state index in [2.05, 4.69) is 43.4 Å². The van der Waals surface area contributed by atoms with Gasteiger partial charge < -0.3 is 25.0 Å². The molecule has 48 heavy (non-hydrogen) atoms. The third kappa shape index (κ3) is 6.78. The lowest BCUT2D eigenvalue weighted by Gasteiger charge is -2.43.